The normalized spacial score (nSPS) is 10.6. The van der Waals surface area contributed by atoms with Crippen molar-refractivity contribution >= 4 is 5.97 Å². The predicted octanol–water partition coefficient (Wildman–Crippen LogP) is 1.30. The average Bonchev–Trinajstić information content (AvgIpc) is 2.34. The highest BCUT2D eigenvalue weighted by molar-refractivity contribution is 5.88. The fourth-order valence-electron chi connectivity index (χ4n) is 1.57. The molecule has 1 N–H and O–H groups in total. The maximum absolute atomic E-state index is 11.0. The molecular weight excluding hydrogens is 232 g/mol. The minimum absolute atomic E-state index is 0.111. The first-order valence-corrected chi connectivity index (χ1v) is 5.69. The summed E-state index contributed by atoms with van der Waals surface area (Å²) in [6.45, 7) is 5.00. The second-order valence-electron chi connectivity index (χ2n) is 4.16. The number of hydrogen-bond donors (Lipinski definition) is 1. The van der Waals surface area contributed by atoms with Crippen LogP contribution in [0.3, 0.4) is 0 Å². The Labute approximate surface area is 106 Å². The molecule has 0 aliphatic carbocycles. The summed E-state index contributed by atoms with van der Waals surface area (Å²) >= 11 is 0. The van der Waals surface area contributed by atoms with Crippen LogP contribution in [0.15, 0.2) is 12.5 Å². The first kappa shape index (κ1) is 14.1. The van der Waals surface area contributed by atoms with Gasteiger partial charge in [-0.25, -0.2) is 14.8 Å². The molecule has 0 bridgehead atoms. The van der Waals surface area contributed by atoms with E-state index < -0.39 is 5.97 Å². The number of carboxylic acids is 1. The van der Waals surface area contributed by atoms with Gasteiger partial charge in [0.1, 0.15) is 11.9 Å². The molecule has 0 radical (unpaired) electrons. The largest absolute Gasteiger partial charge is 0.478 e. The van der Waals surface area contributed by atoms with Gasteiger partial charge in [-0.1, -0.05) is 0 Å². The van der Waals surface area contributed by atoms with Crippen LogP contribution in [0.5, 0.6) is 0 Å². The highest BCUT2D eigenvalue weighted by Gasteiger charge is 2.16. The van der Waals surface area contributed by atoms with E-state index in [4.69, 9.17) is 10.4 Å². The molecule has 0 spiro atoms. The van der Waals surface area contributed by atoms with Crippen LogP contribution in [0, 0.1) is 11.3 Å². The van der Waals surface area contributed by atoms with Gasteiger partial charge in [-0.15, -0.1) is 0 Å². The Morgan fingerprint density at radius 2 is 2.33 bits per heavy atom. The molecule has 0 fully saturated rings. The maximum Gasteiger partial charge on any atom is 0.339 e. The van der Waals surface area contributed by atoms with E-state index >= 15 is 0 Å². The van der Waals surface area contributed by atoms with E-state index in [9.17, 15) is 4.79 Å². The molecule has 6 heteroatoms. The lowest BCUT2D eigenvalue weighted by Crippen LogP contribution is -2.32. The lowest BCUT2D eigenvalue weighted by molar-refractivity contribution is 0.0692. The molecule has 0 saturated carbocycles. The molecule has 1 rings (SSSR count). The lowest BCUT2D eigenvalue weighted by atomic mass is 10.2. The van der Waals surface area contributed by atoms with Crippen LogP contribution in [0.4, 0.5) is 0 Å². The third-order valence-electron chi connectivity index (χ3n) is 2.62. The van der Waals surface area contributed by atoms with Crippen LogP contribution < -0.4 is 0 Å². The van der Waals surface area contributed by atoms with Gasteiger partial charge < -0.3 is 5.11 Å². The number of carboxylic acid groups (broad SMARTS) is 1. The third kappa shape index (κ3) is 3.79. The van der Waals surface area contributed by atoms with E-state index in [0.717, 1.165) is 0 Å². The van der Waals surface area contributed by atoms with Crippen molar-refractivity contribution in [2.45, 2.75) is 32.9 Å². The molecule has 0 aliphatic rings. The molecule has 0 unspecified atom stereocenters. The number of nitrogens with zero attached hydrogens (tertiary/aromatic N) is 4. The summed E-state index contributed by atoms with van der Waals surface area (Å²) in [5.74, 6) is -1.03. The molecule has 6 nitrogen and oxygen atoms in total. The van der Waals surface area contributed by atoms with Gasteiger partial charge in [0.05, 0.1) is 11.8 Å². The van der Waals surface area contributed by atoms with Crippen molar-refractivity contribution in [3.63, 3.8) is 0 Å². The van der Waals surface area contributed by atoms with Crippen LogP contribution in [0.1, 0.15) is 36.3 Å². The molecule has 96 valence electrons. The lowest BCUT2D eigenvalue weighted by Gasteiger charge is -2.25. The Balaban J connectivity index is 2.87. The van der Waals surface area contributed by atoms with E-state index in [1.165, 1.54) is 12.5 Å². The minimum atomic E-state index is -1.03. The molecule has 1 aromatic heterocycles. The zero-order chi connectivity index (χ0) is 13.5. The van der Waals surface area contributed by atoms with Gasteiger partial charge >= 0.3 is 5.97 Å². The summed E-state index contributed by atoms with van der Waals surface area (Å²) in [5, 5.41) is 17.7. The van der Waals surface area contributed by atoms with Crippen molar-refractivity contribution < 1.29 is 9.90 Å². The molecule has 1 aromatic rings. The predicted molar refractivity (Wildman–Crippen MR) is 64.8 cm³/mol. The van der Waals surface area contributed by atoms with E-state index in [0.29, 0.717) is 25.2 Å². The fourth-order valence-corrected chi connectivity index (χ4v) is 1.57. The number of hydrogen-bond acceptors (Lipinski definition) is 5. The quantitative estimate of drug-likeness (QED) is 0.816. The van der Waals surface area contributed by atoms with Gasteiger partial charge in [-0.05, 0) is 13.8 Å². The van der Waals surface area contributed by atoms with Gasteiger partial charge in [0.25, 0.3) is 0 Å². The second-order valence-corrected chi connectivity index (χ2v) is 4.16. The zero-order valence-electron chi connectivity index (χ0n) is 10.5. The molecule has 0 saturated heterocycles. The van der Waals surface area contributed by atoms with Crippen molar-refractivity contribution in [3.05, 3.63) is 23.8 Å². The van der Waals surface area contributed by atoms with Crippen molar-refractivity contribution in [3.8, 4) is 6.07 Å². The van der Waals surface area contributed by atoms with Crippen molar-refractivity contribution in [1.29, 1.82) is 5.26 Å². The van der Waals surface area contributed by atoms with Crippen molar-refractivity contribution in [1.82, 2.24) is 14.9 Å². The maximum atomic E-state index is 11.0. The number of rotatable bonds is 6. The van der Waals surface area contributed by atoms with Crippen molar-refractivity contribution in [2.24, 2.45) is 0 Å². The SMILES string of the molecule is CC(C)N(CCC#N)Cc1ncncc1C(=O)O. The van der Waals surface area contributed by atoms with Gasteiger partial charge in [-0.2, -0.15) is 5.26 Å². The van der Waals surface area contributed by atoms with Crippen LogP contribution in [-0.2, 0) is 6.54 Å². The highest BCUT2D eigenvalue weighted by Crippen LogP contribution is 2.10. The minimum Gasteiger partial charge on any atom is -0.478 e. The Morgan fingerprint density at radius 1 is 1.61 bits per heavy atom. The summed E-state index contributed by atoms with van der Waals surface area (Å²) < 4.78 is 0. The highest BCUT2D eigenvalue weighted by atomic mass is 16.4. The summed E-state index contributed by atoms with van der Waals surface area (Å²) in [4.78, 5) is 20.8. The van der Waals surface area contributed by atoms with Gasteiger partial charge in [0.15, 0.2) is 0 Å². The smallest absolute Gasteiger partial charge is 0.339 e. The number of aromatic carboxylic acids is 1. The van der Waals surface area contributed by atoms with Crippen LogP contribution in [-0.4, -0.2) is 38.5 Å². The molecule has 0 atom stereocenters. The fraction of sp³-hybridized carbons (Fsp3) is 0.500. The number of carbonyl (C=O) groups is 1. The molecular formula is C12H16N4O2. The summed E-state index contributed by atoms with van der Waals surface area (Å²) in [6.07, 6.45) is 3.05. The first-order chi connectivity index (χ1) is 8.56. The Hall–Kier alpha value is -2.00. The number of nitriles is 1. The molecule has 0 amide bonds. The van der Waals surface area contributed by atoms with Gasteiger partial charge in [0, 0.05) is 31.7 Å². The average molecular weight is 248 g/mol. The zero-order valence-corrected chi connectivity index (χ0v) is 10.5. The monoisotopic (exact) mass is 248 g/mol. The summed E-state index contributed by atoms with van der Waals surface area (Å²) in [7, 11) is 0. The Morgan fingerprint density at radius 3 is 2.89 bits per heavy atom. The number of aromatic nitrogens is 2. The van der Waals surface area contributed by atoms with Crippen molar-refractivity contribution in [2.75, 3.05) is 6.54 Å². The molecule has 1 heterocycles. The van der Waals surface area contributed by atoms with Gasteiger partial charge in [-0.3, -0.25) is 4.90 Å². The third-order valence-corrected chi connectivity index (χ3v) is 2.62. The van der Waals surface area contributed by atoms with Gasteiger partial charge in [0.2, 0.25) is 0 Å². The molecule has 18 heavy (non-hydrogen) atoms. The van der Waals surface area contributed by atoms with Crippen LogP contribution in [0.2, 0.25) is 0 Å². The van der Waals surface area contributed by atoms with E-state index in [2.05, 4.69) is 16.0 Å². The van der Waals surface area contributed by atoms with E-state index in [-0.39, 0.29) is 11.6 Å². The van der Waals surface area contributed by atoms with E-state index in [1.807, 2.05) is 18.7 Å². The summed E-state index contributed by atoms with van der Waals surface area (Å²) in [5.41, 5.74) is 0.587. The topological polar surface area (TPSA) is 90.1 Å². The first-order valence-electron chi connectivity index (χ1n) is 5.69. The molecule has 0 aromatic carbocycles. The Kier molecular flexibility index (Phi) is 5.21. The Bertz CT molecular complexity index is 454. The standard InChI is InChI=1S/C12H16N4O2/c1-9(2)16(5-3-4-13)7-11-10(12(17)18)6-14-8-15-11/h6,8-9H,3,5,7H2,1-2H3,(H,17,18). The van der Waals surface area contributed by atoms with Crippen LogP contribution >= 0.6 is 0 Å². The molecule has 0 aliphatic heterocycles. The van der Waals surface area contributed by atoms with E-state index in [1.54, 1.807) is 0 Å². The van der Waals surface area contributed by atoms with Crippen LogP contribution in [0.25, 0.3) is 0 Å². The second kappa shape index (κ2) is 6.67. The summed E-state index contributed by atoms with van der Waals surface area (Å²) in [6, 6.07) is 2.30.